The molecule has 1 fully saturated rings. The first kappa shape index (κ1) is 21.5. The van der Waals surface area contributed by atoms with Gasteiger partial charge in [-0.05, 0) is 42.3 Å². The fraction of sp³-hybridized carbons (Fsp3) is 0.286. The summed E-state index contributed by atoms with van der Waals surface area (Å²) in [5.74, 6) is -0.131. The predicted octanol–water partition coefficient (Wildman–Crippen LogP) is 3.37. The van der Waals surface area contributed by atoms with E-state index in [1.54, 1.807) is 23.1 Å². The van der Waals surface area contributed by atoms with Crippen molar-refractivity contribution in [2.45, 2.75) is 6.42 Å². The van der Waals surface area contributed by atoms with Crippen LogP contribution in [-0.2, 0) is 6.42 Å². The molecule has 1 aliphatic heterocycles. The third-order valence-electron chi connectivity index (χ3n) is 5.03. The summed E-state index contributed by atoms with van der Waals surface area (Å²) in [4.78, 5) is 33.3. The van der Waals surface area contributed by atoms with Crippen LogP contribution >= 0.6 is 28.3 Å². The molecule has 1 aliphatic rings. The Kier molecular flexibility index (Phi) is 7.05. The van der Waals surface area contributed by atoms with Crippen LogP contribution in [0.1, 0.15) is 16.1 Å². The van der Waals surface area contributed by atoms with E-state index in [9.17, 15) is 9.59 Å². The number of hydrogen-bond donors (Lipinski definition) is 0. The monoisotopic (exact) mass is 477 g/mol. The molecule has 0 saturated carbocycles. The number of aromatic nitrogens is 1. The van der Waals surface area contributed by atoms with Crippen LogP contribution in [0.5, 0.6) is 0 Å². The molecule has 152 valence electrons. The number of benzene rings is 1. The van der Waals surface area contributed by atoms with Crippen LogP contribution in [0.4, 0.5) is 0 Å². The van der Waals surface area contributed by atoms with Gasteiger partial charge in [0.25, 0.3) is 5.91 Å². The molecule has 0 aliphatic carbocycles. The van der Waals surface area contributed by atoms with E-state index in [0.29, 0.717) is 24.1 Å². The normalized spacial score (nSPS) is 14.6. The first-order valence-electron chi connectivity index (χ1n) is 9.24. The van der Waals surface area contributed by atoms with Gasteiger partial charge in [-0.2, -0.15) is 0 Å². The number of carbonyl (C=O) groups excluding carboxylic acids is 1. The second kappa shape index (κ2) is 9.52. The molecule has 4 rings (SSSR count). The highest BCUT2D eigenvalue weighted by Gasteiger charge is 2.24. The third kappa shape index (κ3) is 5.04. The zero-order valence-electron chi connectivity index (χ0n) is 15.7. The smallest absolute Gasteiger partial charge is 0.289 e. The first-order valence-corrected chi connectivity index (χ1v) is 10.0. The highest BCUT2D eigenvalue weighted by Crippen LogP contribution is 2.19. The van der Waals surface area contributed by atoms with Gasteiger partial charge in [0.2, 0.25) is 0 Å². The van der Waals surface area contributed by atoms with Crippen molar-refractivity contribution in [3.05, 3.63) is 74.8 Å². The second-order valence-corrected chi connectivity index (χ2v) is 7.77. The zero-order chi connectivity index (χ0) is 19.5. The van der Waals surface area contributed by atoms with E-state index >= 15 is 0 Å². The molecule has 3 heterocycles. The van der Waals surface area contributed by atoms with Gasteiger partial charge in [-0.1, -0.05) is 15.9 Å². The standard InChI is InChI=1S/C21H20BrN3O3.ClH/c22-16-1-2-17-18(26)14-20(28-19(17)13-16)21(27)25-11-9-24(10-12-25)8-5-15-3-6-23-7-4-15;/h1-4,6-7,13-14H,5,8-12H2;1H. The van der Waals surface area contributed by atoms with Crippen molar-refractivity contribution in [1.82, 2.24) is 14.8 Å². The quantitative estimate of drug-likeness (QED) is 0.575. The van der Waals surface area contributed by atoms with E-state index in [4.69, 9.17) is 4.42 Å². The number of fused-ring (bicyclic) bond motifs is 1. The summed E-state index contributed by atoms with van der Waals surface area (Å²) in [5, 5.41) is 0.473. The molecule has 0 unspecified atom stereocenters. The van der Waals surface area contributed by atoms with Gasteiger partial charge >= 0.3 is 0 Å². The molecule has 0 bridgehead atoms. The van der Waals surface area contributed by atoms with Gasteiger partial charge < -0.3 is 9.32 Å². The van der Waals surface area contributed by atoms with E-state index in [2.05, 4.69) is 25.8 Å². The van der Waals surface area contributed by atoms with Crippen LogP contribution in [0.15, 0.2) is 62.5 Å². The summed E-state index contributed by atoms with van der Waals surface area (Å²) < 4.78 is 6.53. The van der Waals surface area contributed by atoms with E-state index in [0.717, 1.165) is 30.5 Å². The van der Waals surface area contributed by atoms with Crippen molar-refractivity contribution in [3.63, 3.8) is 0 Å². The Morgan fingerprint density at radius 2 is 1.79 bits per heavy atom. The van der Waals surface area contributed by atoms with Gasteiger partial charge in [0.1, 0.15) is 5.58 Å². The molecule has 29 heavy (non-hydrogen) atoms. The lowest BCUT2D eigenvalue weighted by Crippen LogP contribution is -2.49. The molecule has 2 aromatic heterocycles. The largest absolute Gasteiger partial charge is 0.451 e. The van der Waals surface area contributed by atoms with Crippen LogP contribution in [-0.4, -0.2) is 53.4 Å². The number of rotatable bonds is 4. The van der Waals surface area contributed by atoms with E-state index in [-0.39, 0.29) is 29.5 Å². The maximum atomic E-state index is 12.8. The molecule has 0 radical (unpaired) electrons. The highest BCUT2D eigenvalue weighted by molar-refractivity contribution is 9.10. The minimum Gasteiger partial charge on any atom is -0.451 e. The SMILES string of the molecule is Cl.O=C(c1cc(=O)c2ccc(Br)cc2o1)N1CCN(CCc2ccncc2)CC1. The first-order chi connectivity index (χ1) is 13.6. The summed E-state index contributed by atoms with van der Waals surface area (Å²) in [6.07, 6.45) is 4.58. The molecule has 0 atom stereocenters. The van der Waals surface area contributed by atoms with Crippen molar-refractivity contribution >= 4 is 45.2 Å². The molecule has 1 amide bonds. The minimum atomic E-state index is -0.229. The lowest BCUT2D eigenvalue weighted by molar-refractivity contribution is 0.0608. The van der Waals surface area contributed by atoms with Crippen LogP contribution < -0.4 is 5.43 Å². The molecule has 0 spiro atoms. The number of piperazine rings is 1. The number of halogens is 2. The van der Waals surface area contributed by atoms with Crippen LogP contribution in [0, 0.1) is 0 Å². The number of pyridine rings is 1. The topological polar surface area (TPSA) is 66.7 Å². The Morgan fingerprint density at radius 3 is 2.52 bits per heavy atom. The number of nitrogens with zero attached hydrogens (tertiary/aromatic N) is 3. The van der Waals surface area contributed by atoms with Crippen LogP contribution in [0.2, 0.25) is 0 Å². The highest BCUT2D eigenvalue weighted by atomic mass is 79.9. The van der Waals surface area contributed by atoms with Gasteiger partial charge in [-0.3, -0.25) is 19.5 Å². The summed E-state index contributed by atoms with van der Waals surface area (Å²) >= 11 is 3.37. The summed E-state index contributed by atoms with van der Waals surface area (Å²) in [5.41, 5.74) is 1.48. The van der Waals surface area contributed by atoms with Gasteiger partial charge in [0.15, 0.2) is 11.2 Å². The average molecular weight is 479 g/mol. The van der Waals surface area contributed by atoms with Crippen molar-refractivity contribution in [1.29, 1.82) is 0 Å². The third-order valence-corrected chi connectivity index (χ3v) is 5.52. The van der Waals surface area contributed by atoms with E-state index in [1.807, 2.05) is 24.5 Å². The molecular formula is C21H21BrClN3O3. The molecular weight excluding hydrogens is 458 g/mol. The Morgan fingerprint density at radius 1 is 1.07 bits per heavy atom. The minimum absolute atomic E-state index is 0. The second-order valence-electron chi connectivity index (χ2n) is 6.85. The molecule has 6 nitrogen and oxygen atoms in total. The lowest BCUT2D eigenvalue weighted by atomic mass is 10.2. The van der Waals surface area contributed by atoms with Gasteiger partial charge in [0, 0.05) is 55.7 Å². The maximum Gasteiger partial charge on any atom is 0.289 e. The summed E-state index contributed by atoms with van der Waals surface area (Å²) in [7, 11) is 0. The number of amides is 1. The van der Waals surface area contributed by atoms with Gasteiger partial charge in [-0.25, -0.2) is 0 Å². The Bertz CT molecular complexity index is 1050. The molecule has 0 N–H and O–H groups in total. The molecule has 1 aromatic carbocycles. The predicted molar refractivity (Wildman–Crippen MR) is 118 cm³/mol. The maximum absolute atomic E-state index is 12.8. The molecule has 3 aromatic rings. The Labute approximate surface area is 183 Å². The number of hydrogen-bond acceptors (Lipinski definition) is 5. The van der Waals surface area contributed by atoms with Gasteiger partial charge in [0.05, 0.1) is 5.39 Å². The average Bonchev–Trinajstić information content (AvgIpc) is 2.72. The van der Waals surface area contributed by atoms with Crippen LogP contribution in [0.25, 0.3) is 11.0 Å². The van der Waals surface area contributed by atoms with Crippen molar-refractivity contribution < 1.29 is 9.21 Å². The summed E-state index contributed by atoms with van der Waals surface area (Å²) in [6, 6.07) is 10.5. The van der Waals surface area contributed by atoms with E-state index < -0.39 is 0 Å². The van der Waals surface area contributed by atoms with Crippen molar-refractivity contribution in [3.8, 4) is 0 Å². The van der Waals surface area contributed by atoms with Gasteiger partial charge in [-0.15, -0.1) is 12.4 Å². The van der Waals surface area contributed by atoms with E-state index in [1.165, 1.54) is 11.6 Å². The Hall–Kier alpha value is -2.22. The number of carbonyl (C=O) groups is 1. The fourth-order valence-corrected chi connectivity index (χ4v) is 3.74. The molecule has 8 heteroatoms. The van der Waals surface area contributed by atoms with Crippen LogP contribution in [0.3, 0.4) is 0 Å². The lowest BCUT2D eigenvalue weighted by Gasteiger charge is -2.34. The Balaban J connectivity index is 0.00000240. The summed E-state index contributed by atoms with van der Waals surface area (Å²) in [6.45, 7) is 3.80. The van der Waals surface area contributed by atoms with Crippen molar-refractivity contribution in [2.75, 3.05) is 32.7 Å². The molecule has 1 saturated heterocycles. The fourth-order valence-electron chi connectivity index (χ4n) is 3.40. The van der Waals surface area contributed by atoms with Crippen molar-refractivity contribution in [2.24, 2.45) is 0 Å². The zero-order valence-corrected chi connectivity index (χ0v) is 18.1.